The van der Waals surface area contributed by atoms with E-state index in [1.807, 2.05) is 27.7 Å². The Balaban J connectivity index is 3.88. The molecule has 96 valence electrons. The third-order valence-corrected chi connectivity index (χ3v) is 2.21. The van der Waals surface area contributed by atoms with Gasteiger partial charge < -0.3 is 10.4 Å². The predicted molar refractivity (Wildman–Crippen MR) is 66.3 cm³/mol. The largest absolute Gasteiger partial charge is 0.396 e. The van der Waals surface area contributed by atoms with Crippen LogP contribution in [-0.2, 0) is 4.79 Å². The highest BCUT2D eigenvalue weighted by Crippen LogP contribution is 2.00. The van der Waals surface area contributed by atoms with E-state index in [1.54, 1.807) is 0 Å². The minimum atomic E-state index is -0.165. The number of amides is 1. The molecule has 0 aliphatic carbocycles. The van der Waals surface area contributed by atoms with Crippen LogP contribution in [0.1, 0.15) is 40.5 Å². The van der Waals surface area contributed by atoms with E-state index in [1.165, 1.54) is 0 Å². The molecule has 0 aromatic carbocycles. The Morgan fingerprint density at radius 1 is 1.31 bits per heavy atom. The van der Waals surface area contributed by atoms with Gasteiger partial charge in [0.1, 0.15) is 0 Å². The molecule has 1 amide bonds. The van der Waals surface area contributed by atoms with Crippen molar-refractivity contribution in [1.82, 2.24) is 10.2 Å². The van der Waals surface area contributed by atoms with Crippen molar-refractivity contribution in [2.24, 2.45) is 0 Å². The molecular weight excluding hydrogens is 204 g/mol. The quantitative estimate of drug-likeness (QED) is 0.641. The molecule has 0 radical (unpaired) electrons. The highest BCUT2D eigenvalue weighted by Gasteiger charge is 2.15. The fourth-order valence-electron chi connectivity index (χ4n) is 1.46. The lowest BCUT2D eigenvalue weighted by molar-refractivity contribution is -0.123. The molecule has 0 spiro atoms. The number of carbonyl (C=O) groups is 1. The van der Waals surface area contributed by atoms with Crippen molar-refractivity contribution in [3.05, 3.63) is 0 Å². The molecule has 16 heavy (non-hydrogen) atoms. The number of hydrogen-bond donors (Lipinski definition) is 2. The Morgan fingerprint density at radius 3 is 2.38 bits per heavy atom. The van der Waals surface area contributed by atoms with Gasteiger partial charge in [0.15, 0.2) is 0 Å². The number of nitrogens with zero attached hydrogens (tertiary/aromatic N) is 1. The van der Waals surface area contributed by atoms with Crippen molar-refractivity contribution in [2.75, 3.05) is 26.2 Å². The first-order valence-electron chi connectivity index (χ1n) is 6.03. The first-order chi connectivity index (χ1) is 7.39. The molecule has 2 N–H and O–H groups in total. The highest BCUT2D eigenvalue weighted by atomic mass is 16.2. The molecule has 0 aliphatic rings. The van der Waals surface area contributed by atoms with Crippen LogP contribution in [0.15, 0.2) is 0 Å². The lowest BCUT2D eigenvalue weighted by Gasteiger charge is -2.24. The number of likely N-dealkylation sites (N-methyl/N-ethyl adjacent to an activating group) is 1. The van der Waals surface area contributed by atoms with Gasteiger partial charge in [-0.3, -0.25) is 9.69 Å². The van der Waals surface area contributed by atoms with Crippen LogP contribution in [-0.4, -0.2) is 47.7 Å². The summed E-state index contributed by atoms with van der Waals surface area (Å²) in [5, 5.41) is 11.6. The van der Waals surface area contributed by atoms with Crippen molar-refractivity contribution in [3.63, 3.8) is 0 Å². The molecular formula is C12H26N2O2. The van der Waals surface area contributed by atoms with E-state index >= 15 is 0 Å². The van der Waals surface area contributed by atoms with E-state index in [0.717, 1.165) is 25.9 Å². The Morgan fingerprint density at radius 2 is 1.94 bits per heavy atom. The SMILES string of the molecule is CCN(CCCCO)CC(=O)NC(C)(C)C. The summed E-state index contributed by atoms with van der Waals surface area (Å²) in [6.45, 7) is 10.4. The second-order valence-electron chi connectivity index (χ2n) is 5.10. The number of aliphatic hydroxyl groups excluding tert-OH is 1. The number of rotatable bonds is 7. The average Bonchev–Trinajstić information content (AvgIpc) is 2.13. The lowest BCUT2D eigenvalue weighted by atomic mass is 10.1. The molecule has 0 heterocycles. The maximum atomic E-state index is 11.7. The van der Waals surface area contributed by atoms with E-state index in [9.17, 15) is 4.79 Å². The van der Waals surface area contributed by atoms with Crippen molar-refractivity contribution < 1.29 is 9.90 Å². The molecule has 0 fully saturated rings. The Labute approximate surface area is 99.0 Å². The van der Waals surface area contributed by atoms with Crippen molar-refractivity contribution >= 4 is 5.91 Å². The van der Waals surface area contributed by atoms with Crippen LogP contribution in [0, 0.1) is 0 Å². The number of unbranched alkanes of at least 4 members (excludes halogenated alkanes) is 1. The molecule has 0 rings (SSSR count). The van der Waals surface area contributed by atoms with E-state index in [0.29, 0.717) is 6.54 Å². The normalized spacial score (nSPS) is 11.9. The standard InChI is InChI=1S/C12H26N2O2/c1-5-14(8-6-7-9-15)10-11(16)13-12(2,3)4/h15H,5-10H2,1-4H3,(H,13,16). The summed E-state index contributed by atoms with van der Waals surface area (Å²) in [5.41, 5.74) is -0.165. The Kier molecular flexibility index (Phi) is 7.34. The van der Waals surface area contributed by atoms with E-state index in [-0.39, 0.29) is 18.1 Å². The van der Waals surface area contributed by atoms with Gasteiger partial charge in [-0.05, 0) is 46.7 Å². The summed E-state index contributed by atoms with van der Waals surface area (Å²) in [7, 11) is 0. The Bertz CT molecular complexity index is 200. The van der Waals surface area contributed by atoms with Crippen LogP contribution >= 0.6 is 0 Å². The van der Waals surface area contributed by atoms with Crippen molar-refractivity contribution in [1.29, 1.82) is 0 Å². The number of nitrogens with one attached hydrogen (secondary N) is 1. The van der Waals surface area contributed by atoms with Crippen molar-refractivity contribution in [2.45, 2.75) is 46.1 Å². The fourth-order valence-corrected chi connectivity index (χ4v) is 1.46. The lowest BCUT2D eigenvalue weighted by Crippen LogP contribution is -2.46. The predicted octanol–water partition coefficient (Wildman–Crippen LogP) is 0.995. The molecule has 4 nitrogen and oxygen atoms in total. The van der Waals surface area contributed by atoms with E-state index in [2.05, 4.69) is 10.2 Å². The molecule has 4 heteroatoms. The highest BCUT2D eigenvalue weighted by molar-refractivity contribution is 5.78. The molecule has 0 saturated heterocycles. The third kappa shape index (κ3) is 8.68. The van der Waals surface area contributed by atoms with Crippen LogP contribution in [0.2, 0.25) is 0 Å². The summed E-state index contributed by atoms with van der Waals surface area (Å²) >= 11 is 0. The topological polar surface area (TPSA) is 52.6 Å². The van der Waals surface area contributed by atoms with Crippen LogP contribution in [0.3, 0.4) is 0 Å². The van der Waals surface area contributed by atoms with Crippen molar-refractivity contribution in [3.8, 4) is 0 Å². The summed E-state index contributed by atoms with van der Waals surface area (Å²) < 4.78 is 0. The second kappa shape index (κ2) is 7.63. The average molecular weight is 230 g/mol. The summed E-state index contributed by atoms with van der Waals surface area (Å²) in [5.74, 6) is 0.0679. The summed E-state index contributed by atoms with van der Waals surface area (Å²) in [6.07, 6.45) is 1.74. The third-order valence-electron chi connectivity index (χ3n) is 2.21. The first-order valence-corrected chi connectivity index (χ1v) is 6.03. The van der Waals surface area contributed by atoms with Crippen LogP contribution < -0.4 is 5.32 Å². The van der Waals surface area contributed by atoms with Gasteiger partial charge in [-0.15, -0.1) is 0 Å². The number of carbonyl (C=O) groups excluding carboxylic acids is 1. The maximum Gasteiger partial charge on any atom is 0.234 e. The minimum absolute atomic E-state index is 0.0679. The van der Waals surface area contributed by atoms with Gasteiger partial charge in [0.25, 0.3) is 0 Å². The molecule has 0 aromatic rings. The molecule has 0 atom stereocenters. The Hall–Kier alpha value is -0.610. The number of aliphatic hydroxyl groups is 1. The van der Waals surface area contributed by atoms with Crippen LogP contribution in [0.4, 0.5) is 0 Å². The van der Waals surface area contributed by atoms with Gasteiger partial charge in [-0.25, -0.2) is 0 Å². The summed E-state index contributed by atoms with van der Waals surface area (Å²) in [6, 6.07) is 0. The van der Waals surface area contributed by atoms with E-state index < -0.39 is 0 Å². The summed E-state index contributed by atoms with van der Waals surface area (Å²) in [4.78, 5) is 13.8. The smallest absolute Gasteiger partial charge is 0.234 e. The monoisotopic (exact) mass is 230 g/mol. The van der Waals surface area contributed by atoms with Gasteiger partial charge >= 0.3 is 0 Å². The minimum Gasteiger partial charge on any atom is -0.396 e. The molecule has 0 aromatic heterocycles. The number of hydrogen-bond acceptors (Lipinski definition) is 3. The molecule has 0 unspecified atom stereocenters. The zero-order chi connectivity index (χ0) is 12.6. The molecule has 0 saturated carbocycles. The van der Waals surface area contributed by atoms with Crippen LogP contribution in [0.5, 0.6) is 0 Å². The zero-order valence-electron chi connectivity index (χ0n) is 11.0. The zero-order valence-corrected chi connectivity index (χ0v) is 11.0. The van der Waals surface area contributed by atoms with Gasteiger partial charge in [-0.2, -0.15) is 0 Å². The van der Waals surface area contributed by atoms with E-state index in [4.69, 9.17) is 5.11 Å². The van der Waals surface area contributed by atoms with Gasteiger partial charge in [0.2, 0.25) is 5.91 Å². The van der Waals surface area contributed by atoms with Gasteiger partial charge in [0.05, 0.1) is 6.54 Å². The molecule has 0 bridgehead atoms. The maximum absolute atomic E-state index is 11.7. The molecule has 0 aliphatic heterocycles. The second-order valence-corrected chi connectivity index (χ2v) is 5.10. The van der Waals surface area contributed by atoms with Gasteiger partial charge in [-0.1, -0.05) is 6.92 Å². The van der Waals surface area contributed by atoms with Gasteiger partial charge in [0, 0.05) is 12.1 Å². The first kappa shape index (κ1) is 15.4. The fraction of sp³-hybridized carbons (Fsp3) is 0.917. The van der Waals surface area contributed by atoms with Crippen LogP contribution in [0.25, 0.3) is 0 Å².